The molecule has 5 rings (SSSR count). The van der Waals surface area contributed by atoms with Gasteiger partial charge < -0.3 is 19.2 Å². The van der Waals surface area contributed by atoms with Crippen LogP contribution in [0.1, 0.15) is 29.0 Å². The molecule has 156 valence electrons. The van der Waals surface area contributed by atoms with Crippen LogP contribution in [0.15, 0.2) is 61.2 Å². The van der Waals surface area contributed by atoms with Crippen molar-refractivity contribution in [1.82, 2.24) is 24.1 Å². The maximum absolute atomic E-state index is 13.2. The van der Waals surface area contributed by atoms with Crippen molar-refractivity contribution in [3.05, 3.63) is 72.6 Å². The van der Waals surface area contributed by atoms with Crippen LogP contribution in [-0.4, -0.2) is 36.6 Å². The number of anilines is 1. The molecule has 0 radical (unpaired) electrons. The van der Waals surface area contributed by atoms with Gasteiger partial charge in [0, 0.05) is 37.0 Å². The summed E-state index contributed by atoms with van der Waals surface area (Å²) >= 11 is 0. The first-order valence-corrected chi connectivity index (χ1v) is 10.3. The molecule has 2 bridgehead atoms. The topological polar surface area (TPSA) is 86.9 Å². The number of fused-ring (bicyclic) bond motifs is 5. The highest BCUT2D eigenvalue weighted by molar-refractivity contribution is 6.06. The molecular weight excluding hydrogens is 392 g/mol. The lowest BCUT2D eigenvalue weighted by atomic mass is 10.1. The summed E-state index contributed by atoms with van der Waals surface area (Å²) in [7, 11) is 0. The van der Waals surface area contributed by atoms with Crippen LogP contribution in [0.3, 0.4) is 0 Å². The summed E-state index contributed by atoms with van der Waals surface area (Å²) in [6.45, 7) is 3.27. The van der Waals surface area contributed by atoms with Gasteiger partial charge in [-0.05, 0) is 50.1 Å². The van der Waals surface area contributed by atoms with Gasteiger partial charge in [-0.15, -0.1) is 0 Å². The molecule has 0 atom stereocenters. The first-order valence-electron chi connectivity index (χ1n) is 10.3. The monoisotopic (exact) mass is 414 g/mol. The highest BCUT2D eigenvalue weighted by Gasteiger charge is 2.17. The van der Waals surface area contributed by atoms with Gasteiger partial charge in [-0.3, -0.25) is 4.79 Å². The number of carbonyl (C=O) groups is 1. The Labute approximate surface area is 179 Å². The van der Waals surface area contributed by atoms with Gasteiger partial charge in [-0.1, -0.05) is 6.07 Å². The normalized spacial score (nSPS) is 14.0. The van der Waals surface area contributed by atoms with Crippen molar-refractivity contribution < 1.29 is 9.53 Å². The quantitative estimate of drug-likeness (QED) is 0.511. The second-order valence-corrected chi connectivity index (χ2v) is 7.39. The van der Waals surface area contributed by atoms with E-state index in [1.807, 2.05) is 54.2 Å². The molecule has 1 aliphatic heterocycles. The Kier molecular flexibility index (Phi) is 4.95. The zero-order valence-corrected chi connectivity index (χ0v) is 17.2. The number of aryl methyl sites for hydroxylation is 2. The van der Waals surface area contributed by atoms with Crippen LogP contribution >= 0.6 is 0 Å². The summed E-state index contributed by atoms with van der Waals surface area (Å²) in [5.74, 6) is 2.36. The van der Waals surface area contributed by atoms with E-state index < -0.39 is 0 Å². The fraction of sp³-hybridized carbons (Fsp3) is 0.217. The summed E-state index contributed by atoms with van der Waals surface area (Å²) in [5.41, 5.74) is 2.02. The molecule has 0 aliphatic carbocycles. The summed E-state index contributed by atoms with van der Waals surface area (Å²) in [4.78, 5) is 26.5. The van der Waals surface area contributed by atoms with Gasteiger partial charge in [-0.2, -0.15) is 0 Å². The molecule has 0 spiro atoms. The van der Waals surface area contributed by atoms with E-state index in [1.165, 1.54) is 0 Å². The number of rotatable bonds is 1. The van der Waals surface area contributed by atoms with E-state index in [4.69, 9.17) is 4.74 Å². The first kappa shape index (κ1) is 19.0. The number of ether oxygens (including phenoxy) is 1. The highest BCUT2D eigenvalue weighted by Crippen LogP contribution is 2.26. The van der Waals surface area contributed by atoms with Crippen molar-refractivity contribution in [2.24, 2.45) is 0 Å². The van der Waals surface area contributed by atoms with E-state index in [9.17, 15) is 4.79 Å². The van der Waals surface area contributed by atoms with Gasteiger partial charge in [0.25, 0.3) is 5.91 Å². The van der Waals surface area contributed by atoms with Crippen LogP contribution in [0.25, 0.3) is 17.2 Å². The fourth-order valence-electron chi connectivity index (χ4n) is 3.72. The molecule has 1 aliphatic rings. The zero-order chi connectivity index (χ0) is 21.2. The van der Waals surface area contributed by atoms with E-state index in [-0.39, 0.29) is 5.91 Å². The standard InChI is InChI=1S/C23H22N6O2/c1-16-24-10-13-29(16)17-7-8-20-18(15-17)23(30)27-21-6-4-5-19(26-21)22-25-9-12-28(22)11-2-3-14-31-20/h4-10,12-13,15H,2-3,11,14H2,1H3,(H,26,27,30). The van der Waals surface area contributed by atoms with E-state index in [0.717, 1.165) is 42.4 Å². The predicted molar refractivity (Wildman–Crippen MR) is 116 cm³/mol. The molecule has 0 saturated carbocycles. The van der Waals surface area contributed by atoms with E-state index in [0.29, 0.717) is 23.7 Å². The van der Waals surface area contributed by atoms with Crippen molar-refractivity contribution in [2.45, 2.75) is 26.3 Å². The Morgan fingerprint density at radius 3 is 2.84 bits per heavy atom. The van der Waals surface area contributed by atoms with Crippen LogP contribution < -0.4 is 10.1 Å². The number of hydrogen-bond acceptors (Lipinski definition) is 5. The maximum atomic E-state index is 13.2. The van der Waals surface area contributed by atoms with Gasteiger partial charge in [0.1, 0.15) is 23.1 Å². The number of amides is 1. The Bertz CT molecular complexity index is 1240. The van der Waals surface area contributed by atoms with Gasteiger partial charge in [0.05, 0.1) is 12.2 Å². The Morgan fingerprint density at radius 2 is 1.97 bits per heavy atom. The molecule has 1 N–H and O–H groups in total. The van der Waals surface area contributed by atoms with Gasteiger partial charge in [-0.25, -0.2) is 15.0 Å². The van der Waals surface area contributed by atoms with Crippen molar-refractivity contribution >= 4 is 11.7 Å². The van der Waals surface area contributed by atoms with Crippen LogP contribution in [-0.2, 0) is 6.54 Å². The zero-order valence-electron chi connectivity index (χ0n) is 17.2. The van der Waals surface area contributed by atoms with Crippen molar-refractivity contribution in [1.29, 1.82) is 0 Å². The third-order valence-electron chi connectivity index (χ3n) is 5.30. The predicted octanol–water partition coefficient (Wildman–Crippen LogP) is 3.86. The third kappa shape index (κ3) is 3.79. The lowest BCUT2D eigenvalue weighted by Crippen LogP contribution is -2.16. The van der Waals surface area contributed by atoms with Crippen LogP contribution in [0, 0.1) is 6.92 Å². The minimum atomic E-state index is -0.278. The lowest BCUT2D eigenvalue weighted by Gasteiger charge is -2.15. The second kappa shape index (κ2) is 8.06. The van der Waals surface area contributed by atoms with Crippen LogP contribution in [0.4, 0.5) is 5.82 Å². The molecule has 8 nitrogen and oxygen atoms in total. The van der Waals surface area contributed by atoms with Crippen LogP contribution in [0.5, 0.6) is 5.75 Å². The highest BCUT2D eigenvalue weighted by atomic mass is 16.5. The minimum Gasteiger partial charge on any atom is -0.493 e. The van der Waals surface area contributed by atoms with Gasteiger partial charge >= 0.3 is 0 Å². The van der Waals surface area contributed by atoms with E-state index in [1.54, 1.807) is 18.5 Å². The molecule has 0 fully saturated rings. The molecule has 1 amide bonds. The molecule has 8 heteroatoms. The van der Waals surface area contributed by atoms with Crippen molar-refractivity contribution in [2.75, 3.05) is 11.9 Å². The van der Waals surface area contributed by atoms with Crippen molar-refractivity contribution in [3.8, 4) is 23.0 Å². The number of nitrogens with one attached hydrogen (secondary N) is 1. The van der Waals surface area contributed by atoms with Crippen LogP contribution in [0.2, 0.25) is 0 Å². The number of benzene rings is 1. The van der Waals surface area contributed by atoms with Gasteiger partial charge in [0.2, 0.25) is 0 Å². The molecule has 4 aromatic rings. The van der Waals surface area contributed by atoms with E-state index >= 15 is 0 Å². The largest absolute Gasteiger partial charge is 0.493 e. The summed E-state index contributed by atoms with van der Waals surface area (Å²) in [6, 6.07) is 11.1. The molecular formula is C23H22N6O2. The van der Waals surface area contributed by atoms with Crippen molar-refractivity contribution in [3.63, 3.8) is 0 Å². The summed E-state index contributed by atoms with van der Waals surface area (Å²) in [6.07, 6.45) is 9.10. The van der Waals surface area contributed by atoms with E-state index in [2.05, 4.69) is 24.8 Å². The average Bonchev–Trinajstić information content (AvgIpc) is 3.42. The molecule has 31 heavy (non-hydrogen) atoms. The molecule has 1 aromatic carbocycles. The first-order chi connectivity index (χ1) is 15.2. The fourth-order valence-corrected chi connectivity index (χ4v) is 3.72. The maximum Gasteiger partial charge on any atom is 0.260 e. The number of imidazole rings is 2. The second-order valence-electron chi connectivity index (χ2n) is 7.39. The number of pyridine rings is 1. The molecule has 4 heterocycles. The molecule has 0 saturated heterocycles. The molecule has 3 aromatic heterocycles. The minimum absolute atomic E-state index is 0.278. The average molecular weight is 414 g/mol. The smallest absolute Gasteiger partial charge is 0.260 e. The van der Waals surface area contributed by atoms with Gasteiger partial charge in [0.15, 0.2) is 5.82 Å². The third-order valence-corrected chi connectivity index (χ3v) is 5.30. The summed E-state index contributed by atoms with van der Waals surface area (Å²) in [5, 5.41) is 2.91. The lowest BCUT2D eigenvalue weighted by molar-refractivity contribution is 0.102. The number of nitrogens with zero attached hydrogens (tertiary/aromatic N) is 5. The number of carbonyl (C=O) groups excluding carboxylic acids is 1. The summed E-state index contributed by atoms with van der Waals surface area (Å²) < 4.78 is 10.0. The Balaban J connectivity index is 1.55. The number of hydrogen-bond donors (Lipinski definition) is 1. The number of aromatic nitrogens is 5. The Hall–Kier alpha value is -3.94. The SMILES string of the molecule is Cc1nccn1-c1ccc2c(c1)C(=O)Nc1cccc(n1)-c1nccn1CCCCO2. The molecule has 0 unspecified atom stereocenters. The Morgan fingerprint density at radius 1 is 1.06 bits per heavy atom.